The molecule has 0 bridgehead atoms. The number of anilines is 1. The lowest BCUT2D eigenvalue weighted by Crippen LogP contribution is -2.40. The largest absolute Gasteiger partial charge is 0.492 e. The van der Waals surface area contributed by atoms with Crippen molar-refractivity contribution in [3.05, 3.63) is 24.5 Å². The van der Waals surface area contributed by atoms with Crippen molar-refractivity contribution in [1.82, 2.24) is 9.61 Å². The Morgan fingerprint density at radius 1 is 1.32 bits per heavy atom. The summed E-state index contributed by atoms with van der Waals surface area (Å²) in [4.78, 5) is 24.2. The second-order valence-electron chi connectivity index (χ2n) is 5.49. The van der Waals surface area contributed by atoms with Gasteiger partial charge in [0, 0.05) is 6.20 Å². The van der Waals surface area contributed by atoms with E-state index in [0.717, 1.165) is 0 Å². The molecule has 8 nitrogen and oxygen atoms in total. The molecule has 0 radical (unpaired) electrons. The van der Waals surface area contributed by atoms with Gasteiger partial charge in [-0.2, -0.15) is 10.00 Å². The van der Waals surface area contributed by atoms with Crippen molar-refractivity contribution in [2.45, 2.75) is 26.4 Å². The van der Waals surface area contributed by atoms with E-state index in [1.165, 1.54) is 23.9 Å². The Hall–Kier alpha value is -2.77. The smallest absolute Gasteiger partial charge is 0.424 e. The van der Waals surface area contributed by atoms with E-state index in [0.29, 0.717) is 10.4 Å². The first-order valence-electron chi connectivity index (χ1n) is 6.51. The first-order valence-corrected chi connectivity index (χ1v) is 6.51. The summed E-state index contributed by atoms with van der Waals surface area (Å²) in [5.74, 6) is 0.216. The first-order chi connectivity index (χ1) is 10.2. The quantitative estimate of drug-likeness (QED) is 0.917. The molecule has 8 heteroatoms. The van der Waals surface area contributed by atoms with Crippen molar-refractivity contribution in [2.75, 3.05) is 12.0 Å². The lowest BCUT2D eigenvalue weighted by molar-refractivity contribution is 0.0581. The van der Waals surface area contributed by atoms with Crippen LogP contribution in [0.2, 0.25) is 0 Å². The SMILES string of the molecule is COc1c(N(C(=O)O)C(=O)OC(C)(C)C)ccn2nccc12. The molecular weight excluding hydrogens is 290 g/mol. The van der Waals surface area contributed by atoms with Gasteiger partial charge in [-0.25, -0.2) is 14.1 Å². The van der Waals surface area contributed by atoms with Gasteiger partial charge in [-0.05, 0) is 32.9 Å². The molecule has 2 aromatic heterocycles. The number of pyridine rings is 1. The van der Waals surface area contributed by atoms with Crippen molar-refractivity contribution in [3.63, 3.8) is 0 Å². The summed E-state index contributed by atoms with van der Waals surface area (Å²) in [6, 6.07) is 3.08. The standard InChI is InChI=1S/C14H17N3O5/c1-14(2,3)22-13(20)17(12(18)19)10-6-8-16-9(5-7-15-16)11(10)21-4/h5-8H,1-4H3,(H,18,19). The first kappa shape index (κ1) is 15.6. The molecule has 0 saturated carbocycles. The maximum atomic E-state index is 12.2. The third-order valence-corrected chi connectivity index (χ3v) is 2.72. The number of aromatic nitrogens is 2. The summed E-state index contributed by atoms with van der Waals surface area (Å²) < 4.78 is 11.9. The lowest BCUT2D eigenvalue weighted by atomic mass is 10.2. The van der Waals surface area contributed by atoms with E-state index in [2.05, 4.69) is 5.10 Å². The van der Waals surface area contributed by atoms with Crippen molar-refractivity contribution >= 4 is 23.4 Å². The minimum absolute atomic E-state index is 0.0669. The Morgan fingerprint density at radius 3 is 2.55 bits per heavy atom. The van der Waals surface area contributed by atoms with Gasteiger partial charge in [0.25, 0.3) is 0 Å². The number of carbonyl (C=O) groups is 2. The third kappa shape index (κ3) is 2.95. The molecule has 0 fully saturated rings. The number of nitrogens with zero attached hydrogens (tertiary/aromatic N) is 3. The van der Waals surface area contributed by atoms with Gasteiger partial charge in [-0.1, -0.05) is 0 Å². The highest BCUT2D eigenvalue weighted by atomic mass is 16.6. The molecule has 2 heterocycles. The Morgan fingerprint density at radius 2 is 2.00 bits per heavy atom. The highest BCUT2D eigenvalue weighted by molar-refractivity contribution is 6.10. The van der Waals surface area contributed by atoms with Crippen LogP contribution < -0.4 is 9.64 Å². The van der Waals surface area contributed by atoms with Crippen LogP contribution in [-0.4, -0.2) is 39.6 Å². The second-order valence-corrected chi connectivity index (χ2v) is 5.49. The molecule has 0 unspecified atom stereocenters. The molecular formula is C14H17N3O5. The highest BCUT2D eigenvalue weighted by Gasteiger charge is 2.31. The summed E-state index contributed by atoms with van der Waals surface area (Å²) in [6.07, 6.45) is 0.617. The molecule has 0 atom stereocenters. The Labute approximate surface area is 126 Å². The monoisotopic (exact) mass is 307 g/mol. The fourth-order valence-electron chi connectivity index (χ4n) is 1.93. The predicted octanol–water partition coefficient (Wildman–Crippen LogP) is 2.76. The third-order valence-electron chi connectivity index (χ3n) is 2.72. The molecule has 0 aromatic carbocycles. The van der Waals surface area contributed by atoms with E-state index in [4.69, 9.17) is 9.47 Å². The minimum Gasteiger partial charge on any atom is -0.492 e. The van der Waals surface area contributed by atoms with E-state index >= 15 is 0 Å². The molecule has 0 aliphatic heterocycles. The average Bonchev–Trinajstić information content (AvgIpc) is 2.84. The van der Waals surface area contributed by atoms with Crippen LogP contribution in [0.1, 0.15) is 20.8 Å². The number of ether oxygens (including phenoxy) is 2. The summed E-state index contributed by atoms with van der Waals surface area (Å²) in [6.45, 7) is 4.97. The van der Waals surface area contributed by atoms with Gasteiger partial charge < -0.3 is 14.6 Å². The van der Waals surface area contributed by atoms with Crippen molar-refractivity contribution in [2.24, 2.45) is 0 Å². The highest BCUT2D eigenvalue weighted by Crippen LogP contribution is 2.33. The molecule has 118 valence electrons. The number of carbonyl (C=O) groups excluding carboxylic acids is 1. The van der Waals surface area contributed by atoms with Gasteiger partial charge >= 0.3 is 12.2 Å². The molecule has 2 aromatic rings. The van der Waals surface area contributed by atoms with E-state index in [1.807, 2.05) is 0 Å². The molecule has 22 heavy (non-hydrogen) atoms. The van der Waals surface area contributed by atoms with Crippen LogP contribution in [0, 0.1) is 0 Å². The Balaban J connectivity index is 2.53. The maximum absolute atomic E-state index is 12.2. The zero-order chi connectivity index (χ0) is 16.5. The minimum atomic E-state index is -1.46. The Bertz CT molecular complexity index is 717. The van der Waals surface area contributed by atoms with E-state index in [9.17, 15) is 14.7 Å². The predicted molar refractivity (Wildman–Crippen MR) is 78.5 cm³/mol. The number of rotatable bonds is 2. The number of imide groups is 1. The fraction of sp³-hybridized carbons (Fsp3) is 0.357. The van der Waals surface area contributed by atoms with Crippen LogP contribution in [0.4, 0.5) is 15.3 Å². The van der Waals surface area contributed by atoms with E-state index in [1.54, 1.807) is 33.0 Å². The molecule has 0 saturated heterocycles. The van der Waals surface area contributed by atoms with Gasteiger partial charge in [0.05, 0.1) is 13.3 Å². The van der Waals surface area contributed by atoms with E-state index in [-0.39, 0.29) is 11.4 Å². The zero-order valence-electron chi connectivity index (χ0n) is 12.7. The van der Waals surface area contributed by atoms with Crippen molar-refractivity contribution in [1.29, 1.82) is 0 Å². The summed E-state index contributed by atoms with van der Waals surface area (Å²) in [5, 5.41) is 13.4. The second kappa shape index (κ2) is 5.55. The number of carboxylic acid groups (broad SMARTS) is 1. The zero-order valence-corrected chi connectivity index (χ0v) is 12.7. The molecule has 0 spiro atoms. The molecule has 0 aliphatic carbocycles. The summed E-state index contributed by atoms with van der Waals surface area (Å²) in [5.41, 5.74) is -0.217. The van der Waals surface area contributed by atoms with E-state index < -0.39 is 17.8 Å². The van der Waals surface area contributed by atoms with Gasteiger partial charge in [-0.15, -0.1) is 0 Å². The number of methoxy groups -OCH3 is 1. The summed E-state index contributed by atoms with van der Waals surface area (Å²) >= 11 is 0. The number of hydrogen-bond acceptors (Lipinski definition) is 5. The van der Waals surface area contributed by atoms with Gasteiger partial charge in [0.2, 0.25) is 0 Å². The molecule has 1 N–H and O–H groups in total. The molecule has 2 amide bonds. The van der Waals surface area contributed by atoms with Crippen LogP contribution in [0.25, 0.3) is 5.52 Å². The lowest BCUT2D eigenvalue weighted by Gasteiger charge is -2.25. The number of amides is 2. The number of hydrogen-bond donors (Lipinski definition) is 1. The van der Waals surface area contributed by atoms with Crippen molar-refractivity contribution < 1.29 is 24.2 Å². The van der Waals surface area contributed by atoms with Gasteiger partial charge in [0.15, 0.2) is 5.75 Å². The molecule has 2 rings (SSSR count). The topological polar surface area (TPSA) is 93.4 Å². The van der Waals surface area contributed by atoms with Crippen LogP contribution in [0.3, 0.4) is 0 Å². The number of fused-ring (bicyclic) bond motifs is 1. The average molecular weight is 307 g/mol. The van der Waals surface area contributed by atoms with Crippen LogP contribution in [0.5, 0.6) is 5.75 Å². The van der Waals surface area contributed by atoms with Gasteiger partial charge in [-0.3, -0.25) is 0 Å². The van der Waals surface area contributed by atoms with Gasteiger partial charge in [0.1, 0.15) is 16.8 Å². The Kier molecular flexibility index (Phi) is 3.94. The van der Waals surface area contributed by atoms with Crippen LogP contribution in [-0.2, 0) is 4.74 Å². The van der Waals surface area contributed by atoms with Crippen molar-refractivity contribution in [3.8, 4) is 5.75 Å². The van der Waals surface area contributed by atoms with Crippen LogP contribution >= 0.6 is 0 Å². The fourth-order valence-corrected chi connectivity index (χ4v) is 1.93. The maximum Gasteiger partial charge on any atom is 0.424 e. The van der Waals surface area contributed by atoms with Crippen LogP contribution in [0.15, 0.2) is 24.5 Å². The normalized spacial score (nSPS) is 11.3. The summed E-state index contributed by atoms with van der Waals surface area (Å²) in [7, 11) is 1.39. The molecule has 0 aliphatic rings.